The second kappa shape index (κ2) is 4.31. The van der Waals surface area contributed by atoms with Crippen molar-refractivity contribution < 1.29 is 23.0 Å². The zero-order valence-electron chi connectivity index (χ0n) is 9.65. The Kier molecular flexibility index (Phi) is 2.63. The SMILES string of the molecule is Nc1c(F)cc(F)cc1Oc1ccc2c(c1)OCO2. The molecule has 0 saturated carbocycles. The molecular formula is C13H9F2NO3. The summed E-state index contributed by atoms with van der Waals surface area (Å²) < 4.78 is 42.1. The van der Waals surface area contributed by atoms with Crippen molar-refractivity contribution in [2.75, 3.05) is 12.5 Å². The first-order valence-corrected chi connectivity index (χ1v) is 5.45. The van der Waals surface area contributed by atoms with Crippen LogP contribution in [0.25, 0.3) is 0 Å². The van der Waals surface area contributed by atoms with Gasteiger partial charge in [-0.3, -0.25) is 0 Å². The molecule has 0 spiro atoms. The third-order valence-corrected chi connectivity index (χ3v) is 2.63. The van der Waals surface area contributed by atoms with E-state index in [1.165, 1.54) is 0 Å². The van der Waals surface area contributed by atoms with Crippen molar-refractivity contribution in [2.24, 2.45) is 0 Å². The van der Waals surface area contributed by atoms with Crippen LogP contribution in [0.5, 0.6) is 23.0 Å². The fourth-order valence-corrected chi connectivity index (χ4v) is 1.71. The maximum Gasteiger partial charge on any atom is 0.231 e. The van der Waals surface area contributed by atoms with E-state index in [4.69, 9.17) is 19.9 Å². The van der Waals surface area contributed by atoms with Gasteiger partial charge in [0.1, 0.15) is 17.3 Å². The zero-order chi connectivity index (χ0) is 13.4. The molecule has 0 aliphatic carbocycles. The van der Waals surface area contributed by atoms with E-state index in [0.29, 0.717) is 23.3 Å². The van der Waals surface area contributed by atoms with Gasteiger partial charge < -0.3 is 19.9 Å². The molecular weight excluding hydrogens is 256 g/mol. The van der Waals surface area contributed by atoms with Crippen LogP contribution in [0.1, 0.15) is 0 Å². The van der Waals surface area contributed by atoms with Crippen LogP contribution in [0.4, 0.5) is 14.5 Å². The van der Waals surface area contributed by atoms with Crippen molar-refractivity contribution in [3.8, 4) is 23.0 Å². The molecule has 6 heteroatoms. The van der Waals surface area contributed by atoms with Crippen LogP contribution in [-0.2, 0) is 0 Å². The van der Waals surface area contributed by atoms with Crippen molar-refractivity contribution in [3.63, 3.8) is 0 Å². The number of nitrogen functional groups attached to an aromatic ring is 1. The van der Waals surface area contributed by atoms with Gasteiger partial charge in [0.05, 0.1) is 0 Å². The summed E-state index contributed by atoms with van der Waals surface area (Å²) in [6, 6.07) is 6.51. The first kappa shape index (κ1) is 11.6. The fraction of sp³-hybridized carbons (Fsp3) is 0.0769. The number of ether oxygens (including phenoxy) is 3. The minimum absolute atomic E-state index is 0.0867. The first-order chi connectivity index (χ1) is 9.13. The lowest BCUT2D eigenvalue weighted by Gasteiger charge is -2.09. The maximum absolute atomic E-state index is 13.3. The summed E-state index contributed by atoms with van der Waals surface area (Å²) in [7, 11) is 0. The lowest BCUT2D eigenvalue weighted by Crippen LogP contribution is -1.97. The van der Waals surface area contributed by atoms with Crippen molar-refractivity contribution >= 4 is 5.69 Å². The molecule has 19 heavy (non-hydrogen) atoms. The van der Waals surface area contributed by atoms with Crippen molar-refractivity contribution in [1.82, 2.24) is 0 Å². The van der Waals surface area contributed by atoms with Crippen molar-refractivity contribution in [1.29, 1.82) is 0 Å². The largest absolute Gasteiger partial charge is 0.455 e. The molecule has 2 aromatic rings. The van der Waals surface area contributed by atoms with Gasteiger partial charge in [0.15, 0.2) is 23.1 Å². The molecule has 2 aromatic carbocycles. The Morgan fingerprint density at radius 1 is 1.05 bits per heavy atom. The number of hydrogen-bond acceptors (Lipinski definition) is 4. The number of fused-ring (bicyclic) bond motifs is 1. The molecule has 0 bridgehead atoms. The molecule has 0 unspecified atom stereocenters. The molecule has 0 fully saturated rings. The molecule has 4 nitrogen and oxygen atoms in total. The van der Waals surface area contributed by atoms with E-state index in [-0.39, 0.29) is 18.2 Å². The highest BCUT2D eigenvalue weighted by Crippen LogP contribution is 2.38. The normalized spacial score (nSPS) is 12.5. The molecule has 1 aliphatic heterocycles. The Hall–Kier alpha value is -2.50. The lowest BCUT2D eigenvalue weighted by atomic mass is 10.2. The summed E-state index contributed by atoms with van der Waals surface area (Å²) in [5.41, 5.74) is 5.24. The van der Waals surface area contributed by atoms with Crippen molar-refractivity contribution in [3.05, 3.63) is 42.0 Å². The Balaban J connectivity index is 1.93. The van der Waals surface area contributed by atoms with Gasteiger partial charge in [0, 0.05) is 18.2 Å². The average molecular weight is 265 g/mol. The van der Waals surface area contributed by atoms with E-state index >= 15 is 0 Å². The van der Waals surface area contributed by atoms with Gasteiger partial charge in [0.2, 0.25) is 6.79 Å². The second-order valence-electron chi connectivity index (χ2n) is 3.92. The quantitative estimate of drug-likeness (QED) is 0.848. The Bertz CT molecular complexity index is 646. The first-order valence-electron chi connectivity index (χ1n) is 5.45. The summed E-state index contributed by atoms with van der Waals surface area (Å²) >= 11 is 0. The van der Waals surface area contributed by atoms with E-state index in [1.54, 1.807) is 18.2 Å². The van der Waals surface area contributed by atoms with Gasteiger partial charge >= 0.3 is 0 Å². The van der Waals surface area contributed by atoms with Crippen LogP contribution < -0.4 is 19.9 Å². The topological polar surface area (TPSA) is 53.7 Å². The monoisotopic (exact) mass is 265 g/mol. The highest BCUT2D eigenvalue weighted by Gasteiger charge is 2.15. The Labute approximate surface area is 107 Å². The summed E-state index contributed by atoms with van der Waals surface area (Å²) in [4.78, 5) is 0. The lowest BCUT2D eigenvalue weighted by molar-refractivity contribution is 0.174. The number of hydrogen-bond donors (Lipinski definition) is 1. The van der Waals surface area contributed by atoms with Gasteiger partial charge in [-0.25, -0.2) is 8.78 Å². The number of rotatable bonds is 2. The highest BCUT2D eigenvalue weighted by atomic mass is 19.1. The minimum Gasteiger partial charge on any atom is -0.455 e. The average Bonchev–Trinajstić information content (AvgIpc) is 2.82. The van der Waals surface area contributed by atoms with Gasteiger partial charge in [-0.1, -0.05) is 0 Å². The molecule has 0 atom stereocenters. The molecule has 2 N–H and O–H groups in total. The summed E-state index contributed by atoms with van der Waals surface area (Å²) in [5.74, 6) is -0.269. The third kappa shape index (κ3) is 2.12. The van der Waals surface area contributed by atoms with E-state index in [9.17, 15) is 8.78 Å². The molecule has 0 amide bonds. The van der Waals surface area contributed by atoms with E-state index in [1.807, 2.05) is 0 Å². The number of halogens is 2. The summed E-state index contributed by atoms with van der Waals surface area (Å²) in [6.45, 7) is 0.134. The van der Waals surface area contributed by atoms with Gasteiger partial charge in [0.25, 0.3) is 0 Å². The van der Waals surface area contributed by atoms with E-state index < -0.39 is 11.6 Å². The molecule has 1 aliphatic rings. The second-order valence-corrected chi connectivity index (χ2v) is 3.92. The van der Waals surface area contributed by atoms with Gasteiger partial charge in [-0.15, -0.1) is 0 Å². The van der Waals surface area contributed by atoms with Crippen LogP contribution in [0.3, 0.4) is 0 Å². The minimum atomic E-state index is -0.865. The molecule has 98 valence electrons. The smallest absolute Gasteiger partial charge is 0.231 e. The van der Waals surface area contributed by atoms with Gasteiger partial charge in [-0.2, -0.15) is 0 Å². The van der Waals surface area contributed by atoms with Crippen LogP contribution in [0, 0.1) is 11.6 Å². The van der Waals surface area contributed by atoms with E-state index in [0.717, 1.165) is 6.07 Å². The standard InChI is InChI=1S/C13H9F2NO3/c14-7-3-9(15)13(16)12(4-7)19-8-1-2-10-11(5-8)18-6-17-10/h1-5H,6,16H2. The highest BCUT2D eigenvalue weighted by molar-refractivity contribution is 5.56. The number of nitrogens with two attached hydrogens (primary N) is 1. The van der Waals surface area contributed by atoms with Crippen LogP contribution in [0.15, 0.2) is 30.3 Å². The molecule has 0 radical (unpaired) electrons. The predicted molar refractivity (Wildman–Crippen MR) is 63.4 cm³/mol. The summed E-state index contributed by atoms with van der Waals surface area (Å²) in [6.07, 6.45) is 0. The Morgan fingerprint density at radius 2 is 1.84 bits per heavy atom. The maximum atomic E-state index is 13.3. The van der Waals surface area contributed by atoms with E-state index in [2.05, 4.69) is 0 Å². The fourth-order valence-electron chi connectivity index (χ4n) is 1.71. The number of benzene rings is 2. The van der Waals surface area contributed by atoms with Crippen LogP contribution in [-0.4, -0.2) is 6.79 Å². The third-order valence-electron chi connectivity index (χ3n) is 2.63. The van der Waals surface area contributed by atoms with Crippen LogP contribution >= 0.6 is 0 Å². The number of anilines is 1. The molecule has 1 heterocycles. The van der Waals surface area contributed by atoms with Crippen LogP contribution in [0.2, 0.25) is 0 Å². The van der Waals surface area contributed by atoms with Crippen molar-refractivity contribution in [2.45, 2.75) is 0 Å². The summed E-state index contributed by atoms with van der Waals surface area (Å²) in [5, 5.41) is 0. The molecule has 0 aromatic heterocycles. The zero-order valence-corrected chi connectivity index (χ0v) is 9.65. The predicted octanol–water partition coefficient (Wildman–Crippen LogP) is 3.07. The Morgan fingerprint density at radius 3 is 2.68 bits per heavy atom. The molecule has 3 rings (SSSR count). The molecule has 0 saturated heterocycles. The van der Waals surface area contributed by atoms with Gasteiger partial charge in [-0.05, 0) is 12.1 Å².